The van der Waals surface area contributed by atoms with Gasteiger partial charge >= 0.3 is 0 Å². The molecule has 3 nitrogen and oxygen atoms in total. The number of guanidine groups is 1. The summed E-state index contributed by atoms with van der Waals surface area (Å²) >= 11 is 1.96. The van der Waals surface area contributed by atoms with Crippen LogP contribution >= 0.6 is 11.8 Å². The Morgan fingerprint density at radius 1 is 1.35 bits per heavy atom. The van der Waals surface area contributed by atoms with E-state index >= 15 is 0 Å². The predicted octanol–water partition coefficient (Wildman–Crippen LogP) is 3.05. The highest BCUT2D eigenvalue weighted by Gasteiger charge is 2.43. The number of rotatable bonds is 7. The van der Waals surface area contributed by atoms with Crippen molar-refractivity contribution in [2.75, 3.05) is 19.6 Å². The topological polar surface area (TPSA) is 36.4 Å². The van der Waals surface area contributed by atoms with Crippen molar-refractivity contribution in [3.63, 3.8) is 0 Å². The summed E-state index contributed by atoms with van der Waals surface area (Å²) in [6.45, 7) is 8.28. The molecule has 0 unspecified atom stereocenters. The third-order valence-electron chi connectivity index (χ3n) is 3.17. The molecule has 0 heterocycles. The van der Waals surface area contributed by atoms with Crippen molar-refractivity contribution < 1.29 is 0 Å². The van der Waals surface area contributed by atoms with Gasteiger partial charge in [-0.25, -0.2) is 0 Å². The Hall–Kier alpha value is -1.42. The maximum Gasteiger partial charge on any atom is 0.191 e. The van der Waals surface area contributed by atoms with Crippen molar-refractivity contribution in [3.05, 3.63) is 43.0 Å². The normalized spacial score (nSPS) is 16.6. The second kappa shape index (κ2) is 7.39. The van der Waals surface area contributed by atoms with Gasteiger partial charge in [0.05, 0.1) is 6.54 Å². The molecule has 0 aromatic heterocycles. The van der Waals surface area contributed by atoms with Crippen molar-refractivity contribution in [1.82, 2.24) is 10.6 Å². The molecule has 20 heavy (non-hydrogen) atoms. The van der Waals surface area contributed by atoms with Crippen LogP contribution in [0.1, 0.15) is 19.8 Å². The molecule has 108 valence electrons. The van der Waals surface area contributed by atoms with Crippen LogP contribution in [0, 0.1) is 0 Å². The number of thioether (sulfide) groups is 1. The predicted molar refractivity (Wildman–Crippen MR) is 88.4 cm³/mol. The van der Waals surface area contributed by atoms with Gasteiger partial charge in [0, 0.05) is 22.7 Å². The van der Waals surface area contributed by atoms with Crippen molar-refractivity contribution in [1.29, 1.82) is 0 Å². The van der Waals surface area contributed by atoms with Gasteiger partial charge in [0.25, 0.3) is 0 Å². The molecular formula is C16H23N3S. The molecule has 0 atom stereocenters. The molecule has 1 aromatic rings. The Morgan fingerprint density at radius 3 is 2.70 bits per heavy atom. The maximum atomic E-state index is 4.71. The molecule has 0 spiro atoms. The van der Waals surface area contributed by atoms with Gasteiger partial charge in [-0.3, -0.25) is 4.99 Å². The van der Waals surface area contributed by atoms with Crippen molar-refractivity contribution in [2.24, 2.45) is 4.99 Å². The molecule has 2 N–H and O–H groups in total. The molecule has 1 aliphatic rings. The molecular weight excluding hydrogens is 266 g/mol. The Kier molecular flexibility index (Phi) is 5.53. The zero-order chi connectivity index (χ0) is 14.3. The number of benzene rings is 1. The average Bonchev–Trinajstić information content (AvgIpc) is 3.23. The van der Waals surface area contributed by atoms with Gasteiger partial charge in [0.2, 0.25) is 0 Å². The minimum Gasteiger partial charge on any atom is -0.357 e. The molecule has 0 aliphatic heterocycles. The van der Waals surface area contributed by atoms with Crippen LogP contribution in [0.15, 0.2) is 52.9 Å². The molecule has 1 aliphatic carbocycles. The van der Waals surface area contributed by atoms with E-state index in [1.807, 2.05) is 17.8 Å². The largest absolute Gasteiger partial charge is 0.357 e. The summed E-state index contributed by atoms with van der Waals surface area (Å²) in [5.41, 5.74) is 0. The van der Waals surface area contributed by atoms with E-state index in [0.29, 0.717) is 4.75 Å². The Labute approximate surface area is 126 Å². The fourth-order valence-corrected chi connectivity index (χ4v) is 3.13. The summed E-state index contributed by atoms with van der Waals surface area (Å²) in [5, 5.41) is 6.51. The molecule has 1 fully saturated rings. The lowest BCUT2D eigenvalue weighted by atomic mass is 10.4. The summed E-state index contributed by atoms with van der Waals surface area (Å²) < 4.78 is 0.303. The van der Waals surface area contributed by atoms with E-state index < -0.39 is 0 Å². The smallest absolute Gasteiger partial charge is 0.191 e. The minimum atomic E-state index is 0.303. The summed E-state index contributed by atoms with van der Waals surface area (Å²) in [4.78, 5) is 6.04. The summed E-state index contributed by atoms with van der Waals surface area (Å²) in [6, 6.07) is 10.6. The third-order valence-corrected chi connectivity index (χ3v) is 4.65. The van der Waals surface area contributed by atoms with Gasteiger partial charge in [0.15, 0.2) is 5.96 Å². The van der Waals surface area contributed by atoms with Crippen molar-refractivity contribution in [2.45, 2.75) is 29.4 Å². The lowest BCUT2D eigenvalue weighted by Crippen LogP contribution is -2.37. The van der Waals surface area contributed by atoms with Crippen molar-refractivity contribution in [3.8, 4) is 0 Å². The van der Waals surface area contributed by atoms with E-state index in [2.05, 4.69) is 54.5 Å². The fourth-order valence-electron chi connectivity index (χ4n) is 1.90. The molecule has 0 saturated heterocycles. The summed E-state index contributed by atoms with van der Waals surface area (Å²) in [5.74, 6) is 0.882. The zero-order valence-corrected chi connectivity index (χ0v) is 12.9. The van der Waals surface area contributed by atoms with E-state index in [1.54, 1.807) is 0 Å². The summed E-state index contributed by atoms with van der Waals surface area (Å²) in [7, 11) is 0. The van der Waals surface area contributed by atoms with Crippen LogP contribution in [0.2, 0.25) is 0 Å². The van der Waals surface area contributed by atoms with E-state index in [4.69, 9.17) is 4.99 Å². The van der Waals surface area contributed by atoms with Gasteiger partial charge in [-0.2, -0.15) is 0 Å². The lowest BCUT2D eigenvalue weighted by molar-refractivity contribution is 0.832. The van der Waals surface area contributed by atoms with Crippen LogP contribution in [-0.4, -0.2) is 30.3 Å². The molecule has 0 radical (unpaired) electrons. The number of hydrogen-bond acceptors (Lipinski definition) is 2. The first-order chi connectivity index (χ1) is 9.78. The molecule has 0 bridgehead atoms. The standard InChI is InChI=1S/C16H23N3S/c1-3-12-18-15(17-4-2)19-13-16(10-11-16)20-14-8-6-5-7-9-14/h3,5-9H,1,4,10-13H2,2H3,(H2,17,18,19). The highest BCUT2D eigenvalue weighted by molar-refractivity contribution is 8.01. The Morgan fingerprint density at radius 2 is 2.10 bits per heavy atom. The second-order valence-electron chi connectivity index (χ2n) is 4.96. The van der Waals surface area contributed by atoms with E-state index in [1.165, 1.54) is 17.7 Å². The Bertz CT molecular complexity index is 452. The van der Waals surface area contributed by atoms with Crippen LogP contribution in [0.4, 0.5) is 0 Å². The second-order valence-corrected chi connectivity index (χ2v) is 6.50. The highest BCUT2D eigenvalue weighted by atomic mass is 32.2. The fraction of sp³-hybridized carbons (Fsp3) is 0.438. The van der Waals surface area contributed by atoms with E-state index in [-0.39, 0.29) is 0 Å². The highest BCUT2D eigenvalue weighted by Crippen LogP contribution is 2.51. The van der Waals surface area contributed by atoms with Crippen LogP contribution in [-0.2, 0) is 0 Å². The van der Waals surface area contributed by atoms with Crippen LogP contribution in [0.25, 0.3) is 0 Å². The lowest BCUT2D eigenvalue weighted by Gasteiger charge is -2.14. The SMILES string of the molecule is C=CCNC(=NCC1(Sc2ccccc2)CC1)NCC. The number of nitrogens with zero attached hydrogens (tertiary/aromatic N) is 1. The maximum absolute atomic E-state index is 4.71. The summed E-state index contributed by atoms with van der Waals surface area (Å²) in [6.07, 6.45) is 4.34. The van der Waals surface area contributed by atoms with Gasteiger partial charge in [-0.05, 0) is 31.9 Å². The monoisotopic (exact) mass is 289 g/mol. The van der Waals surface area contributed by atoms with E-state index in [0.717, 1.165) is 25.6 Å². The molecule has 1 saturated carbocycles. The quantitative estimate of drug-likeness (QED) is 0.460. The van der Waals surface area contributed by atoms with Gasteiger partial charge in [-0.1, -0.05) is 24.3 Å². The van der Waals surface area contributed by atoms with Gasteiger partial charge in [-0.15, -0.1) is 18.3 Å². The Balaban J connectivity index is 1.91. The zero-order valence-electron chi connectivity index (χ0n) is 12.1. The third kappa shape index (κ3) is 4.60. The first-order valence-corrected chi connectivity index (χ1v) is 7.97. The first-order valence-electron chi connectivity index (χ1n) is 7.15. The van der Waals surface area contributed by atoms with Gasteiger partial charge in [0.1, 0.15) is 0 Å². The number of aliphatic imine (C=N–C) groups is 1. The number of nitrogens with one attached hydrogen (secondary N) is 2. The van der Waals surface area contributed by atoms with Gasteiger partial charge < -0.3 is 10.6 Å². The average molecular weight is 289 g/mol. The minimum absolute atomic E-state index is 0.303. The van der Waals surface area contributed by atoms with Crippen LogP contribution < -0.4 is 10.6 Å². The van der Waals surface area contributed by atoms with Crippen LogP contribution in [0.3, 0.4) is 0 Å². The number of hydrogen-bond donors (Lipinski definition) is 2. The molecule has 4 heteroatoms. The molecule has 2 rings (SSSR count). The van der Waals surface area contributed by atoms with Crippen LogP contribution in [0.5, 0.6) is 0 Å². The first kappa shape index (κ1) is 15.0. The molecule has 1 aromatic carbocycles. The van der Waals surface area contributed by atoms with E-state index in [9.17, 15) is 0 Å². The van der Waals surface area contributed by atoms with Crippen molar-refractivity contribution >= 4 is 17.7 Å². The molecule has 0 amide bonds.